The van der Waals surface area contributed by atoms with Gasteiger partial charge in [-0.25, -0.2) is 13.8 Å². The molecule has 0 unspecified atom stereocenters. The second kappa shape index (κ2) is 8.55. The molecule has 0 aliphatic heterocycles. The molecule has 5 rings (SSSR count). The van der Waals surface area contributed by atoms with Crippen molar-refractivity contribution in [3.05, 3.63) is 106 Å². The van der Waals surface area contributed by atoms with Gasteiger partial charge in [0.25, 0.3) is 5.56 Å². The third-order valence-electron chi connectivity index (χ3n) is 5.68. The van der Waals surface area contributed by atoms with Crippen molar-refractivity contribution in [3.8, 4) is 0 Å². The van der Waals surface area contributed by atoms with E-state index in [1.807, 2.05) is 55.5 Å². The van der Waals surface area contributed by atoms with Gasteiger partial charge in [0.15, 0.2) is 0 Å². The van der Waals surface area contributed by atoms with Crippen molar-refractivity contribution in [1.82, 2.24) is 14.1 Å². The maximum Gasteiger partial charge on any atom is 0.278 e. The molecule has 5 aromatic rings. The van der Waals surface area contributed by atoms with Gasteiger partial charge in [0.1, 0.15) is 29.2 Å². The third kappa shape index (κ3) is 3.94. The smallest absolute Gasteiger partial charge is 0.278 e. The number of carbonyl (C=O) groups excluding carboxylic acids is 1. The van der Waals surface area contributed by atoms with Gasteiger partial charge in [-0.15, -0.1) is 0 Å². The van der Waals surface area contributed by atoms with Crippen LogP contribution in [0.4, 0.5) is 14.5 Å². The van der Waals surface area contributed by atoms with Gasteiger partial charge in [0.05, 0.1) is 24.1 Å². The van der Waals surface area contributed by atoms with Crippen LogP contribution in [0.2, 0.25) is 0 Å². The Labute approximate surface area is 193 Å². The van der Waals surface area contributed by atoms with Crippen LogP contribution in [-0.2, 0) is 17.9 Å². The second-order valence-corrected chi connectivity index (χ2v) is 8.14. The predicted molar refractivity (Wildman–Crippen MR) is 127 cm³/mol. The molecule has 0 spiro atoms. The molecule has 0 bridgehead atoms. The van der Waals surface area contributed by atoms with Crippen LogP contribution in [0.25, 0.3) is 21.9 Å². The number of hydrogen-bond donors (Lipinski definition) is 1. The summed E-state index contributed by atoms with van der Waals surface area (Å²) in [5.41, 5.74) is 2.94. The summed E-state index contributed by atoms with van der Waals surface area (Å²) >= 11 is 0. The number of aromatic nitrogens is 3. The van der Waals surface area contributed by atoms with Crippen LogP contribution in [0, 0.1) is 18.6 Å². The van der Waals surface area contributed by atoms with Gasteiger partial charge in [0.2, 0.25) is 5.91 Å². The number of hydrogen-bond acceptors (Lipinski definition) is 3. The van der Waals surface area contributed by atoms with Crippen molar-refractivity contribution in [2.45, 2.75) is 20.0 Å². The molecule has 0 fully saturated rings. The number of rotatable bonds is 5. The van der Waals surface area contributed by atoms with Crippen LogP contribution < -0.4 is 10.9 Å². The lowest BCUT2D eigenvalue weighted by Gasteiger charge is -2.10. The second-order valence-electron chi connectivity index (χ2n) is 8.14. The minimum Gasteiger partial charge on any atom is -0.325 e. The Morgan fingerprint density at radius 1 is 1.03 bits per heavy atom. The summed E-state index contributed by atoms with van der Waals surface area (Å²) in [6.45, 7) is 2.02. The number of nitrogens with one attached hydrogen (secondary N) is 1. The quantitative estimate of drug-likeness (QED) is 0.418. The first-order chi connectivity index (χ1) is 16.4. The van der Waals surface area contributed by atoms with E-state index < -0.39 is 17.5 Å². The lowest BCUT2D eigenvalue weighted by molar-refractivity contribution is -0.116. The van der Waals surface area contributed by atoms with Gasteiger partial charge in [-0.3, -0.25) is 14.2 Å². The number of benzene rings is 3. The molecule has 0 radical (unpaired) electrons. The van der Waals surface area contributed by atoms with E-state index >= 15 is 0 Å². The molecule has 34 heavy (non-hydrogen) atoms. The zero-order valence-electron chi connectivity index (χ0n) is 18.3. The standard InChI is InChI=1S/C26H20F2N4O2/c1-16-7-10-22-19(11-16)24-25(26(34)31(15-29-24)13-17-5-3-2-4-6-17)32(22)14-23(33)30-21-9-8-18(27)12-20(21)28/h2-12,15H,13-14H2,1H3,(H,30,33). The van der Waals surface area contributed by atoms with Crippen LogP contribution in [0.5, 0.6) is 0 Å². The van der Waals surface area contributed by atoms with E-state index in [2.05, 4.69) is 10.3 Å². The van der Waals surface area contributed by atoms with Gasteiger partial charge in [0, 0.05) is 11.5 Å². The Morgan fingerprint density at radius 3 is 2.59 bits per heavy atom. The highest BCUT2D eigenvalue weighted by atomic mass is 19.1. The summed E-state index contributed by atoms with van der Waals surface area (Å²) < 4.78 is 30.3. The Bertz CT molecular complexity index is 1610. The molecule has 170 valence electrons. The summed E-state index contributed by atoms with van der Waals surface area (Å²) in [5, 5.41) is 3.21. The maximum atomic E-state index is 14.0. The number of anilines is 1. The zero-order chi connectivity index (χ0) is 23.8. The molecular weight excluding hydrogens is 438 g/mol. The van der Waals surface area contributed by atoms with Crippen molar-refractivity contribution < 1.29 is 13.6 Å². The molecule has 0 aliphatic carbocycles. The molecule has 8 heteroatoms. The van der Waals surface area contributed by atoms with E-state index in [-0.39, 0.29) is 23.3 Å². The zero-order valence-corrected chi connectivity index (χ0v) is 18.3. The monoisotopic (exact) mass is 458 g/mol. The van der Waals surface area contributed by atoms with Gasteiger partial charge in [-0.05, 0) is 36.8 Å². The van der Waals surface area contributed by atoms with Crippen molar-refractivity contribution in [3.63, 3.8) is 0 Å². The lowest BCUT2D eigenvalue weighted by atomic mass is 10.1. The molecule has 0 aliphatic rings. The van der Waals surface area contributed by atoms with Crippen molar-refractivity contribution in [2.24, 2.45) is 0 Å². The first-order valence-corrected chi connectivity index (χ1v) is 10.7. The normalized spacial score (nSPS) is 11.3. The predicted octanol–water partition coefficient (Wildman–Crippen LogP) is 4.62. The molecule has 6 nitrogen and oxygen atoms in total. The van der Waals surface area contributed by atoms with Gasteiger partial charge in [-0.1, -0.05) is 42.0 Å². The molecule has 0 saturated carbocycles. The Balaban J connectivity index is 1.60. The van der Waals surface area contributed by atoms with Gasteiger partial charge >= 0.3 is 0 Å². The number of carbonyl (C=O) groups is 1. The minimum atomic E-state index is -0.877. The highest BCUT2D eigenvalue weighted by molar-refractivity contribution is 6.06. The first-order valence-electron chi connectivity index (χ1n) is 10.7. The van der Waals surface area contributed by atoms with E-state index in [9.17, 15) is 18.4 Å². The number of halogens is 2. The Hall–Kier alpha value is -4.33. The average molecular weight is 458 g/mol. The summed E-state index contributed by atoms with van der Waals surface area (Å²) in [6.07, 6.45) is 1.51. The lowest BCUT2D eigenvalue weighted by Crippen LogP contribution is -2.25. The average Bonchev–Trinajstić information content (AvgIpc) is 3.11. The molecule has 1 amide bonds. The fraction of sp³-hybridized carbons (Fsp3) is 0.115. The molecular formula is C26H20F2N4O2. The first kappa shape index (κ1) is 21.5. The van der Waals surface area contributed by atoms with E-state index in [1.165, 1.54) is 10.9 Å². The van der Waals surface area contributed by atoms with E-state index in [4.69, 9.17) is 0 Å². The van der Waals surface area contributed by atoms with Crippen LogP contribution in [0.3, 0.4) is 0 Å². The largest absolute Gasteiger partial charge is 0.325 e. The van der Waals surface area contributed by atoms with Crippen molar-refractivity contribution in [1.29, 1.82) is 0 Å². The van der Waals surface area contributed by atoms with E-state index in [0.29, 0.717) is 23.6 Å². The third-order valence-corrected chi connectivity index (χ3v) is 5.68. The fourth-order valence-electron chi connectivity index (χ4n) is 4.10. The maximum absolute atomic E-state index is 14.0. The fourth-order valence-corrected chi connectivity index (χ4v) is 4.10. The number of aryl methyl sites for hydroxylation is 1. The molecule has 0 saturated heterocycles. The molecule has 3 aromatic carbocycles. The molecule has 1 N–H and O–H groups in total. The number of nitrogens with zero attached hydrogens (tertiary/aromatic N) is 3. The summed E-state index contributed by atoms with van der Waals surface area (Å²) in [4.78, 5) is 30.9. The van der Waals surface area contributed by atoms with Crippen LogP contribution >= 0.6 is 0 Å². The van der Waals surface area contributed by atoms with Crippen molar-refractivity contribution in [2.75, 3.05) is 5.32 Å². The highest BCUT2D eigenvalue weighted by Gasteiger charge is 2.19. The van der Waals surface area contributed by atoms with Gasteiger partial charge in [-0.2, -0.15) is 0 Å². The minimum absolute atomic E-state index is 0.136. The number of fused-ring (bicyclic) bond motifs is 3. The molecule has 2 aromatic heterocycles. The van der Waals surface area contributed by atoms with Crippen LogP contribution in [0.15, 0.2) is 77.9 Å². The highest BCUT2D eigenvalue weighted by Crippen LogP contribution is 2.27. The summed E-state index contributed by atoms with van der Waals surface area (Å²) in [7, 11) is 0. The summed E-state index contributed by atoms with van der Waals surface area (Å²) in [5.74, 6) is -2.17. The summed E-state index contributed by atoms with van der Waals surface area (Å²) in [6, 6.07) is 18.1. The van der Waals surface area contributed by atoms with Crippen LogP contribution in [0.1, 0.15) is 11.1 Å². The van der Waals surface area contributed by atoms with Gasteiger partial charge < -0.3 is 9.88 Å². The Morgan fingerprint density at radius 2 is 1.82 bits per heavy atom. The topological polar surface area (TPSA) is 68.9 Å². The van der Waals surface area contributed by atoms with Crippen molar-refractivity contribution >= 4 is 33.5 Å². The van der Waals surface area contributed by atoms with Crippen LogP contribution in [-0.4, -0.2) is 20.0 Å². The molecule has 0 atom stereocenters. The number of amides is 1. The van der Waals surface area contributed by atoms with E-state index in [1.54, 1.807) is 4.57 Å². The SMILES string of the molecule is Cc1ccc2c(c1)c1ncn(Cc3ccccc3)c(=O)c1n2CC(=O)Nc1ccc(F)cc1F. The molecule has 2 heterocycles. The van der Waals surface area contributed by atoms with E-state index in [0.717, 1.165) is 28.6 Å². The Kier molecular flexibility index (Phi) is 5.41.